The van der Waals surface area contributed by atoms with Crippen molar-refractivity contribution in [2.75, 3.05) is 19.7 Å². The first-order valence-corrected chi connectivity index (χ1v) is 7.80. The average molecular weight is 277 g/mol. The lowest BCUT2D eigenvalue weighted by Gasteiger charge is -2.29. The number of hydrogen-bond acceptors (Lipinski definition) is 3. The van der Waals surface area contributed by atoms with E-state index >= 15 is 0 Å². The molecule has 1 aliphatic rings. The molecule has 1 aromatic rings. The van der Waals surface area contributed by atoms with Gasteiger partial charge in [0, 0.05) is 12.6 Å². The molecule has 3 heteroatoms. The highest BCUT2D eigenvalue weighted by Crippen LogP contribution is 2.21. The van der Waals surface area contributed by atoms with E-state index in [0.29, 0.717) is 0 Å². The molecule has 112 valence electrons. The molecule has 1 fully saturated rings. The van der Waals surface area contributed by atoms with Gasteiger partial charge in [-0.05, 0) is 38.3 Å². The molecule has 2 atom stereocenters. The second kappa shape index (κ2) is 7.77. The largest absolute Gasteiger partial charge is 0.395 e. The number of aliphatic hydroxyl groups is 2. The lowest BCUT2D eigenvalue weighted by molar-refractivity contribution is 0.0947. The van der Waals surface area contributed by atoms with Crippen LogP contribution in [-0.2, 0) is 0 Å². The Kier molecular flexibility index (Phi) is 6.02. The maximum Gasteiger partial charge on any atom is 0.0802 e. The van der Waals surface area contributed by atoms with E-state index in [9.17, 15) is 10.2 Å². The van der Waals surface area contributed by atoms with Crippen LogP contribution in [0.25, 0.3) is 0 Å². The molecule has 0 amide bonds. The normalized spacial score (nSPS) is 22.4. The monoisotopic (exact) mass is 277 g/mol. The predicted octanol–water partition coefficient (Wildman–Crippen LogP) is 2.66. The fraction of sp³-hybridized carbons (Fsp3) is 0.647. The summed E-state index contributed by atoms with van der Waals surface area (Å²) in [4.78, 5) is 2.35. The topological polar surface area (TPSA) is 43.7 Å². The van der Waals surface area contributed by atoms with Crippen molar-refractivity contribution in [1.29, 1.82) is 0 Å². The Hall–Kier alpha value is -0.900. The molecule has 0 bridgehead atoms. The van der Waals surface area contributed by atoms with Crippen LogP contribution in [0.1, 0.15) is 49.3 Å². The predicted molar refractivity (Wildman–Crippen MR) is 81.7 cm³/mol. The summed E-state index contributed by atoms with van der Waals surface area (Å²) >= 11 is 0. The Labute approximate surface area is 122 Å². The van der Waals surface area contributed by atoms with E-state index in [1.807, 2.05) is 25.1 Å². The second-order valence-corrected chi connectivity index (χ2v) is 5.94. The first-order valence-electron chi connectivity index (χ1n) is 7.80. The Balaban J connectivity index is 1.89. The van der Waals surface area contributed by atoms with Gasteiger partial charge in [-0.15, -0.1) is 0 Å². The van der Waals surface area contributed by atoms with E-state index in [4.69, 9.17) is 0 Å². The van der Waals surface area contributed by atoms with Crippen LogP contribution >= 0.6 is 0 Å². The van der Waals surface area contributed by atoms with E-state index < -0.39 is 6.10 Å². The molecule has 0 aromatic heterocycles. The van der Waals surface area contributed by atoms with Gasteiger partial charge in [0.1, 0.15) is 0 Å². The molecule has 2 rings (SSSR count). The van der Waals surface area contributed by atoms with Gasteiger partial charge < -0.3 is 10.2 Å². The van der Waals surface area contributed by atoms with Crippen molar-refractivity contribution in [3.8, 4) is 0 Å². The number of hydrogen-bond donors (Lipinski definition) is 2. The first-order chi connectivity index (χ1) is 9.70. The quantitative estimate of drug-likeness (QED) is 0.869. The van der Waals surface area contributed by atoms with Gasteiger partial charge in [-0.1, -0.05) is 42.7 Å². The summed E-state index contributed by atoms with van der Waals surface area (Å²) in [5.41, 5.74) is 2.19. The van der Waals surface area contributed by atoms with Crippen molar-refractivity contribution in [3.05, 3.63) is 35.4 Å². The fourth-order valence-corrected chi connectivity index (χ4v) is 3.07. The minimum Gasteiger partial charge on any atom is -0.395 e. The zero-order valence-corrected chi connectivity index (χ0v) is 12.5. The van der Waals surface area contributed by atoms with Gasteiger partial charge in [0.05, 0.1) is 12.7 Å². The highest BCUT2D eigenvalue weighted by Gasteiger charge is 2.21. The molecule has 3 nitrogen and oxygen atoms in total. The second-order valence-electron chi connectivity index (χ2n) is 5.94. The molecule has 1 heterocycles. The highest BCUT2D eigenvalue weighted by molar-refractivity contribution is 5.23. The molecular formula is C17H27NO2. The van der Waals surface area contributed by atoms with Gasteiger partial charge in [0.15, 0.2) is 0 Å². The molecule has 0 radical (unpaired) electrons. The van der Waals surface area contributed by atoms with Gasteiger partial charge in [0.2, 0.25) is 0 Å². The number of aliphatic hydroxyl groups excluding tert-OH is 2. The standard InChI is InChI=1S/C17H27NO2/c1-14-6-5-7-15(12-14)17(20)9-11-18-10-4-2-3-8-16(18)13-19/h5-7,12,16-17,19-20H,2-4,8-11,13H2,1H3. The summed E-state index contributed by atoms with van der Waals surface area (Å²) in [6.45, 7) is 4.19. The Morgan fingerprint density at radius 2 is 2.15 bits per heavy atom. The maximum atomic E-state index is 10.3. The van der Waals surface area contributed by atoms with Crippen LogP contribution in [0, 0.1) is 6.92 Å². The lowest BCUT2D eigenvalue weighted by atomic mass is 10.0. The molecule has 0 saturated carbocycles. The zero-order valence-electron chi connectivity index (χ0n) is 12.5. The minimum absolute atomic E-state index is 0.237. The number of rotatable bonds is 5. The summed E-state index contributed by atoms with van der Waals surface area (Å²) in [6, 6.07) is 8.37. The molecule has 0 aliphatic carbocycles. The number of aryl methyl sites for hydroxylation is 1. The van der Waals surface area contributed by atoms with Gasteiger partial charge in [-0.2, -0.15) is 0 Å². The summed E-state index contributed by atoms with van der Waals surface area (Å²) < 4.78 is 0. The third-order valence-corrected chi connectivity index (χ3v) is 4.33. The minimum atomic E-state index is -0.405. The molecule has 0 spiro atoms. The van der Waals surface area contributed by atoms with Gasteiger partial charge >= 0.3 is 0 Å². The van der Waals surface area contributed by atoms with Crippen molar-refractivity contribution in [2.45, 2.75) is 51.2 Å². The summed E-state index contributed by atoms with van der Waals surface area (Å²) in [6.07, 6.45) is 5.08. The maximum absolute atomic E-state index is 10.3. The van der Waals surface area contributed by atoms with Crippen molar-refractivity contribution in [2.24, 2.45) is 0 Å². The van der Waals surface area contributed by atoms with Crippen molar-refractivity contribution >= 4 is 0 Å². The summed E-state index contributed by atoms with van der Waals surface area (Å²) in [5.74, 6) is 0. The van der Waals surface area contributed by atoms with Crippen molar-refractivity contribution < 1.29 is 10.2 Å². The molecule has 1 aliphatic heterocycles. The molecule has 20 heavy (non-hydrogen) atoms. The zero-order chi connectivity index (χ0) is 14.4. The van der Waals surface area contributed by atoms with Gasteiger partial charge in [-0.3, -0.25) is 4.90 Å². The smallest absolute Gasteiger partial charge is 0.0802 e. The van der Waals surface area contributed by atoms with Crippen LogP contribution < -0.4 is 0 Å². The summed E-state index contributed by atoms with van der Waals surface area (Å²) in [7, 11) is 0. The number of benzene rings is 1. The molecule has 2 unspecified atom stereocenters. The Morgan fingerprint density at radius 3 is 2.90 bits per heavy atom. The van der Waals surface area contributed by atoms with E-state index in [2.05, 4.69) is 11.0 Å². The van der Waals surface area contributed by atoms with Crippen LogP contribution in [0.4, 0.5) is 0 Å². The van der Waals surface area contributed by atoms with Crippen molar-refractivity contribution in [3.63, 3.8) is 0 Å². The Bertz CT molecular complexity index is 408. The molecular weight excluding hydrogens is 250 g/mol. The van der Waals surface area contributed by atoms with E-state index in [1.54, 1.807) is 0 Å². The third-order valence-electron chi connectivity index (χ3n) is 4.33. The fourth-order valence-electron chi connectivity index (χ4n) is 3.07. The third kappa shape index (κ3) is 4.30. The lowest BCUT2D eigenvalue weighted by Crippen LogP contribution is -2.38. The SMILES string of the molecule is Cc1cccc(C(O)CCN2CCCCCC2CO)c1. The van der Waals surface area contributed by atoms with E-state index in [-0.39, 0.29) is 12.6 Å². The van der Waals surface area contributed by atoms with Gasteiger partial charge in [0.25, 0.3) is 0 Å². The number of likely N-dealkylation sites (tertiary alicyclic amines) is 1. The van der Waals surface area contributed by atoms with E-state index in [1.165, 1.54) is 24.8 Å². The van der Waals surface area contributed by atoms with E-state index in [0.717, 1.165) is 31.5 Å². The van der Waals surface area contributed by atoms with Crippen molar-refractivity contribution in [1.82, 2.24) is 4.90 Å². The van der Waals surface area contributed by atoms with Crippen LogP contribution in [0.15, 0.2) is 24.3 Å². The van der Waals surface area contributed by atoms with Crippen LogP contribution in [0.5, 0.6) is 0 Å². The molecule has 1 saturated heterocycles. The van der Waals surface area contributed by atoms with Gasteiger partial charge in [-0.25, -0.2) is 0 Å². The first kappa shape index (κ1) is 15.5. The highest BCUT2D eigenvalue weighted by atomic mass is 16.3. The van der Waals surface area contributed by atoms with Crippen LogP contribution in [0.2, 0.25) is 0 Å². The number of nitrogens with zero attached hydrogens (tertiary/aromatic N) is 1. The van der Waals surface area contributed by atoms with Crippen LogP contribution in [-0.4, -0.2) is 40.9 Å². The summed E-state index contributed by atoms with van der Waals surface area (Å²) in [5, 5.41) is 19.8. The van der Waals surface area contributed by atoms with Crippen LogP contribution in [0.3, 0.4) is 0 Å². The molecule has 1 aromatic carbocycles. The molecule has 2 N–H and O–H groups in total. The average Bonchev–Trinajstić information content (AvgIpc) is 2.69. The Morgan fingerprint density at radius 1 is 1.30 bits per heavy atom.